The number of nitrogen functional groups attached to an aromatic ring is 1. The summed E-state index contributed by atoms with van der Waals surface area (Å²) in [5.41, 5.74) is 3.14. The summed E-state index contributed by atoms with van der Waals surface area (Å²) in [7, 11) is 0. The monoisotopic (exact) mass is 294 g/mol. The average Bonchev–Trinajstić information content (AvgIpc) is 2.43. The first-order valence-corrected chi connectivity index (χ1v) is 6.09. The SMILES string of the molecule is Cc1ccc(NC(=O)c2nc(NN)ccc2Cl)cc1F. The summed E-state index contributed by atoms with van der Waals surface area (Å²) < 4.78 is 13.4. The molecule has 0 unspecified atom stereocenters. The van der Waals surface area contributed by atoms with Crippen molar-refractivity contribution in [2.24, 2.45) is 5.84 Å². The van der Waals surface area contributed by atoms with E-state index in [-0.39, 0.29) is 10.7 Å². The Balaban J connectivity index is 2.25. The molecule has 104 valence electrons. The molecule has 0 radical (unpaired) electrons. The largest absolute Gasteiger partial charge is 0.321 e. The molecule has 1 amide bonds. The van der Waals surface area contributed by atoms with Crippen molar-refractivity contribution in [3.05, 3.63) is 52.4 Å². The Morgan fingerprint density at radius 1 is 1.35 bits per heavy atom. The summed E-state index contributed by atoms with van der Waals surface area (Å²) in [4.78, 5) is 16.0. The Hall–Kier alpha value is -2.18. The number of rotatable bonds is 3. The van der Waals surface area contributed by atoms with Gasteiger partial charge in [0.25, 0.3) is 5.91 Å². The van der Waals surface area contributed by atoms with E-state index in [0.29, 0.717) is 17.1 Å². The van der Waals surface area contributed by atoms with E-state index in [0.717, 1.165) is 0 Å². The van der Waals surface area contributed by atoms with Crippen LogP contribution in [0.3, 0.4) is 0 Å². The van der Waals surface area contributed by atoms with Gasteiger partial charge in [-0.05, 0) is 36.8 Å². The van der Waals surface area contributed by atoms with Crippen LogP contribution in [-0.4, -0.2) is 10.9 Å². The average molecular weight is 295 g/mol. The van der Waals surface area contributed by atoms with E-state index in [4.69, 9.17) is 17.4 Å². The topological polar surface area (TPSA) is 80.0 Å². The molecule has 4 N–H and O–H groups in total. The predicted molar refractivity (Wildman–Crippen MR) is 76.1 cm³/mol. The molecule has 0 aliphatic heterocycles. The first-order chi connectivity index (χ1) is 9.51. The number of nitrogens with two attached hydrogens (primary N) is 1. The summed E-state index contributed by atoms with van der Waals surface area (Å²) in [5.74, 6) is 4.57. The fourth-order valence-corrected chi connectivity index (χ4v) is 1.73. The molecule has 1 heterocycles. The molecular formula is C13H12ClFN4O. The first kappa shape index (κ1) is 14.2. The quantitative estimate of drug-likeness (QED) is 0.600. The lowest BCUT2D eigenvalue weighted by Crippen LogP contribution is -2.17. The fraction of sp³-hybridized carbons (Fsp3) is 0.0769. The normalized spacial score (nSPS) is 10.2. The standard InChI is InChI=1S/C13H12ClFN4O/c1-7-2-3-8(6-10(7)15)17-13(20)12-9(14)4-5-11(18-12)19-16/h2-6H,16H2,1H3,(H,17,20)(H,18,19). The molecule has 0 saturated carbocycles. The van der Waals surface area contributed by atoms with Gasteiger partial charge in [0, 0.05) is 5.69 Å². The minimum absolute atomic E-state index is 0.00287. The van der Waals surface area contributed by atoms with Crippen molar-refractivity contribution in [3.8, 4) is 0 Å². The number of anilines is 2. The van der Waals surface area contributed by atoms with Gasteiger partial charge in [0.2, 0.25) is 0 Å². The maximum Gasteiger partial charge on any atom is 0.275 e. The summed E-state index contributed by atoms with van der Waals surface area (Å²) in [6, 6.07) is 7.41. The zero-order valence-corrected chi connectivity index (χ0v) is 11.3. The fourth-order valence-electron chi connectivity index (χ4n) is 1.54. The van der Waals surface area contributed by atoms with Gasteiger partial charge in [0.1, 0.15) is 17.3 Å². The predicted octanol–water partition coefficient (Wildman–Crippen LogP) is 2.72. The van der Waals surface area contributed by atoms with Crippen molar-refractivity contribution in [2.75, 3.05) is 10.7 Å². The minimum Gasteiger partial charge on any atom is -0.321 e. The zero-order chi connectivity index (χ0) is 14.7. The number of hydrogen-bond donors (Lipinski definition) is 3. The van der Waals surface area contributed by atoms with Crippen LogP contribution in [-0.2, 0) is 0 Å². The van der Waals surface area contributed by atoms with E-state index < -0.39 is 11.7 Å². The Bertz CT molecular complexity index is 663. The summed E-state index contributed by atoms with van der Waals surface area (Å²) >= 11 is 5.90. The van der Waals surface area contributed by atoms with Crippen molar-refractivity contribution in [3.63, 3.8) is 0 Å². The highest BCUT2D eigenvalue weighted by atomic mass is 35.5. The highest BCUT2D eigenvalue weighted by Gasteiger charge is 2.14. The molecule has 1 aromatic carbocycles. The van der Waals surface area contributed by atoms with Crippen LogP contribution in [0.1, 0.15) is 16.1 Å². The number of nitrogens with one attached hydrogen (secondary N) is 2. The number of hydrogen-bond acceptors (Lipinski definition) is 4. The molecule has 0 aliphatic rings. The van der Waals surface area contributed by atoms with Crippen molar-refractivity contribution in [1.29, 1.82) is 0 Å². The lowest BCUT2D eigenvalue weighted by atomic mass is 10.2. The van der Waals surface area contributed by atoms with Crippen LogP contribution in [0.2, 0.25) is 5.02 Å². The smallest absolute Gasteiger partial charge is 0.275 e. The number of pyridine rings is 1. The molecular weight excluding hydrogens is 283 g/mol. The second-order valence-corrected chi connectivity index (χ2v) is 4.50. The van der Waals surface area contributed by atoms with Crippen molar-refractivity contribution in [1.82, 2.24) is 4.98 Å². The third-order valence-corrected chi connectivity index (χ3v) is 2.94. The van der Waals surface area contributed by atoms with Crippen LogP contribution in [0.5, 0.6) is 0 Å². The second-order valence-electron chi connectivity index (χ2n) is 4.09. The number of nitrogens with zero attached hydrogens (tertiary/aromatic N) is 1. The molecule has 0 aliphatic carbocycles. The number of carbonyl (C=O) groups excluding carboxylic acids is 1. The highest BCUT2D eigenvalue weighted by Crippen LogP contribution is 2.19. The number of aromatic nitrogens is 1. The number of aryl methyl sites for hydroxylation is 1. The van der Waals surface area contributed by atoms with Gasteiger partial charge in [-0.2, -0.15) is 0 Å². The number of hydrazine groups is 1. The maximum atomic E-state index is 13.4. The summed E-state index contributed by atoms with van der Waals surface area (Å²) in [6.45, 7) is 1.63. The number of benzene rings is 1. The van der Waals surface area contributed by atoms with Crippen LogP contribution in [0, 0.1) is 12.7 Å². The third kappa shape index (κ3) is 3.04. The molecule has 0 atom stereocenters. The van der Waals surface area contributed by atoms with E-state index in [9.17, 15) is 9.18 Å². The van der Waals surface area contributed by atoms with Gasteiger partial charge < -0.3 is 10.7 Å². The second kappa shape index (κ2) is 5.85. The molecule has 1 aromatic heterocycles. The van der Waals surface area contributed by atoms with Gasteiger partial charge in [-0.3, -0.25) is 4.79 Å². The first-order valence-electron chi connectivity index (χ1n) is 5.72. The van der Waals surface area contributed by atoms with E-state index in [2.05, 4.69) is 15.7 Å². The molecule has 20 heavy (non-hydrogen) atoms. The molecule has 0 saturated heterocycles. The maximum absolute atomic E-state index is 13.4. The van der Waals surface area contributed by atoms with Gasteiger partial charge in [-0.15, -0.1) is 0 Å². The van der Waals surface area contributed by atoms with Crippen LogP contribution in [0.25, 0.3) is 0 Å². The molecule has 2 rings (SSSR count). The van der Waals surface area contributed by atoms with Gasteiger partial charge >= 0.3 is 0 Å². The molecule has 2 aromatic rings. The summed E-state index contributed by atoms with van der Waals surface area (Å²) in [5, 5.41) is 2.70. The zero-order valence-electron chi connectivity index (χ0n) is 10.6. The Morgan fingerprint density at radius 3 is 2.75 bits per heavy atom. The molecule has 0 bridgehead atoms. The van der Waals surface area contributed by atoms with Gasteiger partial charge in [0.05, 0.1) is 5.02 Å². The highest BCUT2D eigenvalue weighted by molar-refractivity contribution is 6.34. The van der Waals surface area contributed by atoms with Crippen LogP contribution in [0.4, 0.5) is 15.9 Å². The van der Waals surface area contributed by atoms with E-state index >= 15 is 0 Å². The van der Waals surface area contributed by atoms with Crippen molar-refractivity contribution in [2.45, 2.75) is 6.92 Å². The van der Waals surface area contributed by atoms with E-state index in [1.54, 1.807) is 19.1 Å². The number of carbonyl (C=O) groups is 1. The Morgan fingerprint density at radius 2 is 2.10 bits per heavy atom. The van der Waals surface area contributed by atoms with Gasteiger partial charge in [-0.1, -0.05) is 17.7 Å². The van der Waals surface area contributed by atoms with Crippen LogP contribution in [0.15, 0.2) is 30.3 Å². The molecule has 5 nitrogen and oxygen atoms in total. The Kier molecular flexibility index (Phi) is 4.16. The van der Waals surface area contributed by atoms with Gasteiger partial charge in [0.15, 0.2) is 0 Å². The van der Waals surface area contributed by atoms with Crippen LogP contribution < -0.4 is 16.6 Å². The third-order valence-electron chi connectivity index (χ3n) is 2.64. The minimum atomic E-state index is -0.546. The molecule has 0 fully saturated rings. The number of amides is 1. The lowest BCUT2D eigenvalue weighted by Gasteiger charge is -2.08. The molecule has 0 spiro atoms. The van der Waals surface area contributed by atoms with E-state index in [1.165, 1.54) is 18.2 Å². The molecule has 7 heteroatoms. The van der Waals surface area contributed by atoms with E-state index in [1.807, 2.05) is 0 Å². The van der Waals surface area contributed by atoms with Crippen molar-refractivity contribution < 1.29 is 9.18 Å². The lowest BCUT2D eigenvalue weighted by molar-refractivity contribution is 0.102. The van der Waals surface area contributed by atoms with Gasteiger partial charge in [-0.25, -0.2) is 15.2 Å². The number of halogens is 2. The van der Waals surface area contributed by atoms with Crippen LogP contribution >= 0.6 is 11.6 Å². The Labute approximate surface area is 119 Å². The summed E-state index contributed by atoms with van der Waals surface area (Å²) in [6.07, 6.45) is 0. The van der Waals surface area contributed by atoms with Crippen molar-refractivity contribution >= 4 is 29.0 Å².